The van der Waals surface area contributed by atoms with Gasteiger partial charge in [0.15, 0.2) is 0 Å². The normalized spacial score (nSPS) is 19.9. The summed E-state index contributed by atoms with van der Waals surface area (Å²) in [6.07, 6.45) is 1.11. The quantitative estimate of drug-likeness (QED) is 0.682. The lowest BCUT2D eigenvalue weighted by atomic mass is 10.0. The molecule has 2 atom stereocenters. The lowest BCUT2D eigenvalue weighted by molar-refractivity contribution is -0.0440. The van der Waals surface area contributed by atoms with Gasteiger partial charge in [0.05, 0.1) is 17.2 Å². The van der Waals surface area contributed by atoms with Crippen LogP contribution in [0.25, 0.3) is 0 Å². The average Bonchev–Trinajstić information content (AvgIpc) is 2.73. The summed E-state index contributed by atoms with van der Waals surface area (Å²) in [5.41, 5.74) is 3.09. The number of anilines is 1. The van der Waals surface area contributed by atoms with Gasteiger partial charge in [-0.1, -0.05) is 43.6 Å². The average molecular weight is 465 g/mol. The summed E-state index contributed by atoms with van der Waals surface area (Å²) >= 11 is 6.26. The van der Waals surface area contributed by atoms with Crippen LogP contribution in [-0.2, 0) is 27.6 Å². The Morgan fingerprint density at radius 2 is 1.68 bits per heavy atom. The van der Waals surface area contributed by atoms with E-state index in [0.29, 0.717) is 0 Å². The van der Waals surface area contributed by atoms with E-state index >= 15 is 0 Å². The van der Waals surface area contributed by atoms with Crippen molar-refractivity contribution in [1.29, 1.82) is 0 Å². The van der Waals surface area contributed by atoms with Gasteiger partial charge in [-0.3, -0.25) is 4.79 Å². The second-order valence-electron chi connectivity index (χ2n) is 7.84. The van der Waals surface area contributed by atoms with Crippen molar-refractivity contribution in [2.24, 2.45) is 0 Å². The predicted octanol–water partition coefficient (Wildman–Crippen LogP) is 4.52. The number of amides is 1. The number of sulfonamides is 1. The zero-order chi connectivity index (χ0) is 22.8. The van der Waals surface area contributed by atoms with Crippen molar-refractivity contribution in [3.05, 3.63) is 58.1 Å². The molecule has 0 aliphatic carbocycles. The molecule has 1 saturated heterocycles. The Morgan fingerprint density at radius 1 is 1.10 bits per heavy atom. The molecular weight excluding hydrogens is 436 g/mol. The number of hydrogen-bond donors (Lipinski definition) is 1. The van der Waals surface area contributed by atoms with Crippen LogP contribution in [0.15, 0.2) is 41.3 Å². The molecule has 0 spiro atoms. The number of nitrogens with zero attached hydrogens (tertiary/aromatic N) is 1. The van der Waals surface area contributed by atoms with E-state index in [1.54, 1.807) is 6.07 Å². The highest BCUT2D eigenvalue weighted by Gasteiger charge is 2.34. The van der Waals surface area contributed by atoms with Crippen LogP contribution >= 0.6 is 11.6 Å². The third-order valence-electron chi connectivity index (χ3n) is 5.43. The second kappa shape index (κ2) is 9.69. The van der Waals surface area contributed by atoms with E-state index in [4.69, 9.17) is 16.3 Å². The maximum absolute atomic E-state index is 13.3. The predicted molar refractivity (Wildman–Crippen MR) is 123 cm³/mol. The maximum Gasteiger partial charge on any atom is 0.255 e. The van der Waals surface area contributed by atoms with Crippen molar-refractivity contribution in [2.45, 2.75) is 57.6 Å². The highest BCUT2D eigenvalue weighted by Crippen LogP contribution is 2.29. The van der Waals surface area contributed by atoms with Crippen molar-refractivity contribution in [3.8, 4) is 0 Å². The summed E-state index contributed by atoms with van der Waals surface area (Å²) in [5.74, 6) is -0.368. The minimum absolute atomic E-state index is 0.0670. The van der Waals surface area contributed by atoms with Crippen molar-refractivity contribution >= 4 is 33.2 Å². The van der Waals surface area contributed by atoms with Gasteiger partial charge in [-0.15, -0.1) is 0 Å². The van der Waals surface area contributed by atoms with Gasteiger partial charge in [-0.25, -0.2) is 8.42 Å². The molecule has 2 unspecified atom stereocenters. The fourth-order valence-corrected chi connectivity index (χ4v) is 5.99. The van der Waals surface area contributed by atoms with E-state index in [0.717, 1.165) is 29.7 Å². The molecule has 8 heteroatoms. The molecule has 1 aliphatic heterocycles. The van der Waals surface area contributed by atoms with Crippen LogP contribution in [0, 0.1) is 0 Å². The molecule has 0 bridgehead atoms. The van der Waals surface area contributed by atoms with Gasteiger partial charge < -0.3 is 10.1 Å². The van der Waals surface area contributed by atoms with E-state index in [2.05, 4.69) is 5.32 Å². The van der Waals surface area contributed by atoms with Crippen molar-refractivity contribution in [3.63, 3.8) is 0 Å². The van der Waals surface area contributed by atoms with E-state index in [-0.39, 0.29) is 46.7 Å². The van der Waals surface area contributed by atoms with E-state index in [9.17, 15) is 13.2 Å². The molecule has 2 aromatic carbocycles. The van der Waals surface area contributed by atoms with Gasteiger partial charge >= 0.3 is 0 Å². The molecule has 0 saturated carbocycles. The number of hydrogen-bond acceptors (Lipinski definition) is 4. The molecule has 31 heavy (non-hydrogen) atoms. The number of halogens is 1. The van der Waals surface area contributed by atoms with Gasteiger partial charge in [0.1, 0.15) is 4.90 Å². The highest BCUT2D eigenvalue weighted by atomic mass is 35.5. The fraction of sp³-hybridized carbons (Fsp3) is 0.435. The SMILES string of the molecule is CCc1cccc(CC)c1NC(=O)c1ccc(Cl)c(S(=O)(=O)N2CC(C)OC(C)C2)c1. The van der Waals surface area contributed by atoms with Crippen LogP contribution in [-0.4, -0.2) is 43.9 Å². The molecule has 0 aromatic heterocycles. The molecule has 1 N–H and O–H groups in total. The Hall–Kier alpha value is -1.93. The summed E-state index contributed by atoms with van der Waals surface area (Å²) in [6.45, 7) is 8.20. The van der Waals surface area contributed by atoms with Crippen molar-refractivity contribution < 1.29 is 17.9 Å². The van der Waals surface area contributed by atoms with Gasteiger partial charge in [0.2, 0.25) is 10.0 Å². The number of nitrogens with one attached hydrogen (secondary N) is 1. The number of aryl methyl sites for hydroxylation is 2. The zero-order valence-corrected chi connectivity index (χ0v) is 19.9. The lowest BCUT2D eigenvalue weighted by Gasteiger charge is -2.34. The summed E-state index contributed by atoms with van der Waals surface area (Å²) in [4.78, 5) is 13.0. The largest absolute Gasteiger partial charge is 0.373 e. The Labute approximate surface area is 189 Å². The molecule has 1 fully saturated rings. The molecule has 1 amide bonds. The summed E-state index contributed by atoms with van der Waals surface area (Å²) < 4.78 is 33.6. The third kappa shape index (κ3) is 5.12. The van der Waals surface area contributed by atoms with Crippen LogP contribution in [0.1, 0.15) is 49.2 Å². The second-order valence-corrected chi connectivity index (χ2v) is 10.2. The number of benzene rings is 2. The first-order valence-corrected chi connectivity index (χ1v) is 12.4. The molecule has 0 radical (unpaired) electrons. The topological polar surface area (TPSA) is 75.7 Å². The first kappa shape index (κ1) is 23.7. The van der Waals surface area contributed by atoms with Gasteiger partial charge in [-0.05, 0) is 56.0 Å². The number of morpholine rings is 1. The molecule has 1 aliphatic rings. The van der Waals surface area contributed by atoms with Crippen LogP contribution < -0.4 is 5.32 Å². The number of rotatable bonds is 6. The van der Waals surface area contributed by atoms with Crippen LogP contribution in [0.5, 0.6) is 0 Å². The van der Waals surface area contributed by atoms with Gasteiger partial charge in [0.25, 0.3) is 5.91 Å². The first-order valence-electron chi connectivity index (χ1n) is 10.5. The van der Waals surface area contributed by atoms with E-state index in [1.165, 1.54) is 16.4 Å². The number of carbonyl (C=O) groups is 1. The minimum atomic E-state index is -3.87. The minimum Gasteiger partial charge on any atom is -0.373 e. The van der Waals surface area contributed by atoms with Gasteiger partial charge in [-0.2, -0.15) is 4.31 Å². The van der Waals surface area contributed by atoms with Crippen LogP contribution in [0.3, 0.4) is 0 Å². The molecule has 3 rings (SSSR count). The van der Waals surface area contributed by atoms with Crippen LogP contribution in [0.4, 0.5) is 5.69 Å². The van der Waals surface area contributed by atoms with E-state index < -0.39 is 10.0 Å². The summed E-state index contributed by atoms with van der Waals surface area (Å²) in [5, 5.41) is 3.07. The van der Waals surface area contributed by atoms with Gasteiger partial charge in [0, 0.05) is 24.3 Å². The molecule has 2 aromatic rings. The highest BCUT2D eigenvalue weighted by molar-refractivity contribution is 7.89. The molecule has 1 heterocycles. The Kier molecular flexibility index (Phi) is 7.42. The molecule has 6 nitrogen and oxygen atoms in total. The summed E-state index contributed by atoms with van der Waals surface area (Å²) in [6, 6.07) is 10.3. The Morgan fingerprint density at radius 3 is 2.23 bits per heavy atom. The molecule has 168 valence electrons. The maximum atomic E-state index is 13.3. The molecular formula is C23H29ClN2O4S. The fourth-order valence-electron chi connectivity index (χ4n) is 3.90. The third-order valence-corrected chi connectivity index (χ3v) is 7.75. The van der Waals surface area contributed by atoms with Crippen molar-refractivity contribution in [1.82, 2.24) is 4.31 Å². The summed E-state index contributed by atoms with van der Waals surface area (Å²) in [7, 11) is -3.87. The van der Waals surface area contributed by atoms with Crippen molar-refractivity contribution in [2.75, 3.05) is 18.4 Å². The lowest BCUT2D eigenvalue weighted by Crippen LogP contribution is -2.48. The van der Waals surface area contributed by atoms with Crippen LogP contribution in [0.2, 0.25) is 5.02 Å². The smallest absolute Gasteiger partial charge is 0.255 e. The number of carbonyl (C=O) groups excluding carboxylic acids is 1. The monoisotopic (exact) mass is 464 g/mol. The number of ether oxygens (including phenoxy) is 1. The standard InChI is InChI=1S/C23H29ClN2O4S/c1-5-17-8-7-9-18(6-2)22(17)25-23(27)19-10-11-20(24)21(12-19)31(28,29)26-13-15(3)30-16(4)14-26/h7-12,15-16H,5-6,13-14H2,1-4H3,(H,25,27). The zero-order valence-electron chi connectivity index (χ0n) is 18.3. The van der Waals surface area contributed by atoms with E-state index in [1.807, 2.05) is 45.9 Å². The first-order chi connectivity index (χ1) is 14.7. The number of para-hydroxylation sites is 1. The Balaban J connectivity index is 1.94. The Bertz CT molecular complexity index is 1040.